The van der Waals surface area contributed by atoms with Gasteiger partial charge in [-0.3, -0.25) is 0 Å². The standard InChI is InChI=1S/C19H16/c1-3-16-10-12-17(13-11-16)14-15-18(4-2)19-8-6-5-7-9-19/h1,5-13,18H,4H2,2H3/t18-/m0/s1. The first-order valence-electron chi connectivity index (χ1n) is 6.46. The van der Waals surface area contributed by atoms with Gasteiger partial charge in [-0.2, -0.15) is 0 Å². The first-order valence-corrected chi connectivity index (χ1v) is 6.46. The van der Waals surface area contributed by atoms with Gasteiger partial charge in [-0.05, 0) is 36.2 Å². The number of benzene rings is 2. The summed E-state index contributed by atoms with van der Waals surface area (Å²) in [6.07, 6.45) is 6.35. The Morgan fingerprint density at radius 1 is 0.947 bits per heavy atom. The number of hydrogen-bond donors (Lipinski definition) is 0. The van der Waals surface area contributed by atoms with E-state index in [0.29, 0.717) is 0 Å². The molecule has 2 rings (SSSR count). The molecule has 2 aromatic carbocycles. The van der Waals surface area contributed by atoms with E-state index in [2.05, 4.69) is 49.0 Å². The topological polar surface area (TPSA) is 0 Å². The smallest absolute Gasteiger partial charge is 0.0453 e. The van der Waals surface area contributed by atoms with E-state index >= 15 is 0 Å². The quantitative estimate of drug-likeness (QED) is 0.694. The van der Waals surface area contributed by atoms with E-state index in [1.54, 1.807) is 0 Å². The maximum Gasteiger partial charge on any atom is 0.0453 e. The molecule has 1 atom stereocenters. The van der Waals surface area contributed by atoms with Crippen LogP contribution in [0.25, 0.3) is 0 Å². The lowest BCUT2D eigenvalue weighted by molar-refractivity contribution is 0.830. The summed E-state index contributed by atoms with van der Waals surface area (Å²) in [6.45, 7) is 2.16. The summed E-state index contributed by atoms with van der Waals surface area (Å²) < 4.78 is 0. The van der Waals surface area contributed by atoms with Crippen molar-refractivity contribution >= 4 is 0 Å². The Labute approximate surface area is 115 Å². The Morgan fingerprint density at radius 2 is 1.58 bits per heavy atom. The average Bonchev–Trinajstić information content (AvgIpc) is 2.49. The summed E-state index contributed by atoms with van der Waals surface area (Å²) in [7, 11) is 0. The van der Waals surface area contributed by atoms with E-state index in [1.165, 1.54) is 5.56 Å². The third kappa shape index (κ3) is 3.51. The van der Waals surface area contributed by atoms with Crippen molar-refractivity contribution in [2.24, 2.45) is 0 Å². The van der Waals surface area contributed by atoms with Gasteiger partial charge in [0.1, 0.15) is 0 Å². The highest BCUT2D eigenvalue weighted by molar-refractivity contribution is 5.42. The van der Waals surface area contributed by atoms with Gasteiger partial charge >= 0.3 is 0 Å². The zero-order valence-electron chi connectivity index (χ0n) is 11.1. The van der Waals surface area contributed by atoms with Gasteiger partial charge in [0, 0.05) is 17.0 Å². The monoisotopic (exact) mass is 244 g/mol. The minimum Gasteiger partial charge on any atom is -0.115 e. The predicted octanol–water partition coefficient (Wildman–Crippen LogP) is 4.21. The molecule has 0 unspecified atom stereocenters. The van der Waals surface area contributed by atoms with E-state index in [1.807, 2.05) is 30.3 Å². The van der Waals surface area contributed by atoms with E-state index in [0.717, 1.165) is 17.5 Å². The summed E-state index contributed by atoms with van der Waals surface area (Å²) in [5.74, 6) is 9.46. The van der Waals surface area contributed by atoms with E-state index in [4.69, 9.17) is 6.42 Å². The molecule has 0 heteroatoms. The predicted molar refractivity (Wildman–Crippen MR) is 80.7 cm³/mol. The van der Waals surface area contributed by atoms with Crippen LogP contribution < -0.4 is 0 Å². The number of terminal acetylenes is 1. The van der Waals surface area contributed by atoms with Gasteiger partial charge < -0.3 is 0 Å². The molecule has 0 aliphatic heterocycles. The lowest BCUT2D eigenvalue weighted by atomic mass is 9.97. The molecule has 0 bridgehead atoms. The highest BCUT2D eigenvalue weighted by Crippen LogP contribution is 2.18. The van der Waals surface area contributed by atoms with E-state index in [-0.39, 0.29) is 5.92 Å². The molecule has 0 N–H and O–H groups in total. The fourth-order valence-electron chi connectivity index (χ4n) is 1.93. The van der Waals surface area contributed by atoms with Gasteiger partial charge in [0.2, 0.25) is 0 Å². The second-order valence-corrected chi connectivity index (χ2v) is 4.36. The average molecular weight is 244 g/mol. The minimum atomic E-state index is 0.286. The molecule has 0 aliphatic carbocycles. The molecular weight excluding hydrogens is 228 g/mol. The van der Waals surface area contributed by atoms with Crippen LogP contribution in [0.15, 0.2) is 54.6 Å². The SMILES string of the molecule is C#Cc1ccc(C#C[C@H](CC)c2ccccc2)cc1. The van der Waals surface area contributed by atoms with Crippen molar-refractivity contribution in [3.63, 3.8) is 0 Å². The third-order valence-corrected chi connectivity index (χ3v) is 3.05. The highest BCUT2D eigenvalue weighted by Gasteiger charge is 2.03. The van der Waals surface area contributed by atoms with Crippen LogP contribution in [0.3, 0.4) is 0 Å². The van der Waals surface area contributed by atoms with E-state index in [9.17, 15) is 0 Å². The molecule has 0 aliphatic rings. The van der Waals surface area contributed by atoms with Gasteiger partial charge in [-0.15, -0.1) is 6.42 Å². The maximum absolute atomic E-state index is 5.33. The molecule has 19 heavy (non-hydrogen) atoms. The molecule has 0 aromatic heterocycles. The van der Waals surface area contributed by atoms with E-state index < -0.39 is 0 Å². The van der Waals surface area contributed by atoms with Gasteiger partial charge in [-0.25, -0.2) is 0 Å². The van der Waals surface area contributed by atoms with Crippen LogP contribution in [0.2, 0.25) is 0 Å². The maximum atomic E-state index is 5.33. The van der Waals surface area contributed by atoms with Crippen molar-refractivity contribution in [3.05, 3.63) is 71.3 Å². The molecule has 0 radical (unpaired) electrons. The Bertz CT molecular complexity index is 616. The molecule has 0 fully saturated rings. The van der Waals surface area contributed by atoms with Gasteiger partial charge in [0.25, 0.3) is 0 Å². The van der Waals surface area contributed by atoms with Crippen molar-refractivity contribution in [2.75, 3.05) is 0 Å². The fraction of sp³-hybridized carbons (Fsp3) is 0.158. The molecule has 0 saturated heterocycles. The summed E-state index contributed by atoms with van der Waals surface area (Å²) in [6, 6.07) is 18.2. The van der Waals surface area contributed by atoms with Crippen LogP contribution in [-0.4, -0.2) is 0 Å². The molecule has 0 nitrogen and oxygen atoms in total. The van der Waals surface area contributed by atoms with Gasteiger partial charge in [0.15, 0.2) is 0 Å². The van der Waals surface area contributed by atoms with Crippen LogP contribution in [0.5, 0.6) is 0 Å². The van der Waals surface area contributed by atoms with Crippen LogP contribution in [0.1, 0.15) is 36.0 Å². The second-order valence-electron chi connectivity index (χ2n) is 4.36. The Balaban J connectivity index is 2.19. The molecule has 0 saturated carbocycles. The summed E-state index contributed by atoms with van der Waals surface area (Å²) in [5, 5.41) is 0. The zero-order valence-corrected chi connectivity index (χ0v) is 11.1. The lowest BCUT2D eigenvalue weighted by Crippen LogP contribution is -1.93. The lowest BCUT2D eigenvalue weighted by Gasteiger charge is -2.07. The molecule has 92 valence electrons. The largest absolute Gasteiger partial charge is 0.115 e. The number of hydrogen-bond acceptors (Lipinski definition) is 0. The molecule has 0 spiro atoms. The van der Waals surface area contributed by atoms with Gasteiger partial charge in [0.05, 0.1) is 0 Å². The molecule has 0 amide bonds. The van der Waals surface area contributed by atoms with Crippen LogP contribution in [0.4, 0.5) is 0 Å². The van der Waals surface area contributed by atoms with Crippen LogP contribution >= 0.6 is 0 Å². The molecule has 0 heterocycles. The fourth-order valence-corrected chi connectivity index (χ4v) is 1.93. The Hall–Kier alpha value is -2.44. The van der Waals surface area contributed by atoms with Gasteiger partial charge in [-0.1, -0.05) is 55.0 Å². The molecular formula is C19H16. The van der Waals surface area contributed by atoms with Crippen LogP contribution in [0, 0.1) is 24.2 Å². The first kappa shape index (κ1) is 13.0. The minimum absolute atomic E-state index is 0.286. The van der Waals surface area contributed by atoms with Crippen molar-refractivity contribution in [1.82, 2.24) is 0 Å². The Morgan fingerprint density at radius 3 is 2.16 bits per heavy atom. The summed E-state index contributed by atoms with van der Waals surface area (Å²) in [5.41, 5.74) is 3.17. The summed E-state index contributed by atoms with van der Waals surface area (Å²) >= 11 is 0. The van der Waals surface area contributed by atoms with Crippen molar-refractivity contribution < 1.29 is 0 Å². The molecule has 2 aromatic rings. The van der Waals surface area contributed by atoms with Crippen LogP contribution in [-0.2, 0) is 0 Å². The van der Waals surface area contributed by atoms with Crippen molar-refractivity contribution in [1.29, 1.82) is 0 Å². The highest BCUT2D eigenvalue weighted by atomic mass is 14.1. The summed E-state index contributed by atoms with van der Waals surface area (Å²) in [4.78, 5) is 0. The number of rotatable bonds is 2. The zero-order chi connectivity index (χ0) is 13.5. The Kier molecular flexibility index (Phi) is 4.44. The van der Waals surface area contributed by atoms with Crippen molar-refractivity contribution in [2.45, 2.75) is 19.3 Å². The second kappa shape index (κ2) is 6.48. The first-order chi connectivity index (χ1) is 9.33. The third-order valence-electron chi connectivity index (χ3n) is 3.05. The van der Waals surface area contributed by atoms with Crippen molar-refractivity contribution in [3.8, 4) is 24.2 Å². The normalized spacial score (nSPS) is 10.9.